The largest absolute Gasteiger partial charge is 0.507 e. The molecule has 0 unspecified atom stereocenters. The molecule has 0 bridgehead atoms. The Hall–Kier alpha value is -2.41. The molecule has 2 aromatic carbocycles. The van der Waals surface area contributed by atoms with E-state index < -0.39 is 17.7 Å². The van der Waals surface area contributed by atoms with Gasteiger partial charge in [0.1, 0.15) is 11.6 Å². The van der Waals surface area contributed by atoms with Crippen LogP contribution in [0.25, 0.3) is 0 Å². The summed E-state index contributed by atoms with van der Waals surface area (Å²) in [5, 5.41) is 20.9. The smallest absolute Gasteiger partial charge is 0.336 e. The zero-order chi connectivity index (χ0) is 15.6. The average molecular weight is 354 g/mol. The summed E-state index contributed by atoms with van der Waals surface area (Å²) in [4.78, 5) is 23.0. The summed E-state index contributed by atoms with van der Waals surface area (Å²) in [7, 11) is 0. The number of hydrogen-bond acceptors (Lipinski definition) is 3. The number of aromatic hydroxyl groups is 1. The number of carboxylic acid groups (broad SMARTS) is 1. The number of nitrogens with one attached hydrogen (secondary N) is 1. The van der Waals surface area contributed by atoms with Crippen molar-refractivity contribution in [1.82, 2.24) is 0 Å². The highest BCUT2D eigenvalue weighted by atomic mass is 79.9. The van der Waals surface area contributed by atoms with Gasteiger partial charge < -0.3 is 15.5 Å². The van der Waals surface area contributed by atoms with Crippen molar-refractivity contribution in [3.8, 4) is 5.75 Å². The first-order chi connectivity index (χ1) is 9.88. The molecule has 0 heterocycles. The minimum Gasteiger partial charge on any atom is -0.507 e. The summed E-state index contributed by atoms with van der Waals surface area (Å²) in [5.74, 6) is -2.94. The Morgan fingerprint density at radius 2 is 1.81 bits per heavy atom. The zero-order valence-corrected chi connectivity index (χ0v) is 12.0. The first-order valence-corrected chi connectivity index (χ1v) is 6.50. The van der Waals surface area contributed by atoms with Crippen molar-refractivity contribution in [1.29, 1.82) is 0 Å². The SMILES string of the molecule is O=C(Nc1ccc(Br)c(C(=O)O)c1)c1cc(F)ccc1O. The first kappa shape index (κ1) is 15.0. The molecule has 1 amide bonds. The number of amides is 1. The Labute approximate surface area is 127 Å². The van der Waals surface area contributed by atoms with Crippen LogP contribution >= 0.6 is 15.9 Å². The number of benzene rings is 2. The lowest BCUT2D eigenvalue weighted by molar-refractivity contribution is 0.0695. The van der Waals surface area contributed by atoms with Gasteiger partial charge in [0.05, 0.1) is 11.1 Å². The third kappa shape index (κ3) is 3.38. The maximum absolute atomic E-state index is 13.1. The van der Waals surface area contributed by atoms with Gasteiger partial charge in [-0.1, -0.05) is 0 Å². The second kappa shape index (κ2) is 5.92. The molecule has 5 nitrogen and oxygen atoms in total. The third-order valence-corrected chi connectivity index (χ3v) is 3.35. The Morgan fingerprint density at radius 3 is 2.48 bits per heavy atom. The van der Waals surface area contributed by atoms with Crippen molar-refractivity contribution in [2.24, 2.45) is 0 Å². The highest BCUT2D eigenvalue weighted by Crippen LogP contribution is 2.23. The van der Waals surface area contributed by atoms with E-state index in [0.717, 1.165) is 18.2 Å². The van der Waals surface area contributed by atoms with Crippen molar-refractivity contribution in [3.05, 3.63) is 57.8 Å². The molecule has 2 rings (SSSR count). The van der Waals surface area contributed by atoms with Crippen molar-refractivity contribution in [3.63, 3.8) is 0 Å². The van der Waals surface area contributed by atoms with Gasteiger partial charge in [0, 0.05) is 10.2 Å². The normalized spacial score (nSPS) is 10.2. The van der Waals surface area contributed by atoms with Crippen LogP contribution in [0.1, 0.15) is 20.7 Å². The Bertz CT molecular complexity index is 733. The number of carbonyl (C=O) groups is 2. The molecule has 0 fully saturated rings. The lowest BCUT2D eigenvalue weighted by atomic mass is 10.1. The summed E-state index contributed by atoms with van der Waals surface area (Å²) in [6.45, 7) is 0. The van der Waals surface area contributed by atoms with E-state index in [1.165, 1.54) is 18.2 Å². The third-order valence-electron chi connectivity index (χ3n) is 2.66. The van der Waals surface area contributed by atoms with Crippen molar-refractivity contribution in [2.45, 2.75) is 0 Å². The Balaban J connectivity index is 2.29. The topological polar surface area (TPSA) is 86.6 Å². The quantitative estimate of drug-likeness (QED) is 0.790. The minimum absolute atomic E-state index is 0.0312. The Morgan fingerprint density at radius 1 is 1.10 bits per heavy atom. The van der Waals surface area contributed by atoms with Gasteiger partial charge in [0.15, 0.2) is 0 Å². The number of rotatable bonds is 3. The molecule has 0 aliphatic carbocycles. The van der Waals surface area contributed by atoms with Gasteiger partial charge in [-0.05, 0) is 52.3 Å². The molecule has 3 N–H and O–H groups in total. The maximum Gasteiger partial charge on any atom is 0.336 e. The van der Waals surface area contributed by atoms with E-state index in [0.29, 0.717) is 4.47 Å². The molecule has 0 spiro atoms. The minimum atomic E-state index is -1.16. The summed E-state index contributed by atoms with van der Waals surface area (Å²) in [5.41, 5.74) is -0.0599. The second-order valence-electron chi connectivity index (χ2n) is 4.12. The van der Waals surface area contributed by atoms with E-state index >= 15 is 0 Å². The molecule has 0 aromatic heterocycles. The highest BCUT2D eigenvalue weighted by Gasteiger charge is 2.14. The molecule has 0 aliphatic heterocycles. The lowest BCUT2D eigenvalue weighted by Crippen LogP contribution is -2.13. The Kier molecular flexibility index (Phi) is 4.23. The fraction of sp³-hybridized carbons (Fsp3) is 0. The van der Waals surface area contributed by atoms with E-state index in [4.69, 9.17) is 5.11 Å². The van der Waals surface area contributed by atoms with E-state index in [-0.39, 0.29) is 22.6 Å². The number of phenolic OH excluding ortho intramolecular Hbond substituents is 1. The van der Waals surface area contributed by atoms with Crippen molar-refractivity contribution < 1.29 is 24.2 Å². The molecular formula is C14H9BrFNO4. The number of phenols is 1. The molecule has 0 radical (unpaired) electrons. The van der Waals surface area contributed by atoms with E-state index in [2.05, 4.69) is 21.2 Å². The van der Waals surface area contributed by atoms with Crippen LogP contribution in [0.15, 0.2) is 40.9 Å². The highest BCUT2D eigenvalue weighted by molar-refractivity contribution is 9.10. The van der Waals surface area contributed by atoms with Crippen LogP contribution in [0.2, 0.25) is 0 Å². The van der Waals surface area contributed by atoms with Gasteiger partial charge >= 0.3 is 5.97 Å². The second-order valence-corrected chi connectivity index (χ2v) is 4.97. The fourth-order valence-corrected chi connectivity index (χ4v) is 2.07. The van der Waals surface area contributed by atoms with Gasteiger partial charge in [-0.3, -0.25) is 4.79 Å². The number of hydrogen-bond donors (Lipinski definition) is 3. The summed E-state index contributed by atoms with van der Waals surface area (Å²) >= 11 is 3.08. The van der Waals surface area contributed by atoms with E-state index in [1.54, 1.807) is 0 Å². The molecular weight excluding hydrogens is 345 g/mol. The van der Waals surface area contributed by atoms with Crippen LogP contribution in [0, 0.1) is 5.82 Å². The average Bonchev–Trinajstić information content (AvgIpc) is 2.43. The zero-order valence-electron chi connectivity index (χ0n) is 10.4. The van der Waals surface area contributed by atoms with E-state index in [1.807, 2.05) is 0 Å². The number of anilines is 1. The van der Waals surface area contributed by atoms with Crippen LogP contribution in [-0.4, -0.2) is 22.1 Å². The monoisotopic (exact) mass is 353 g/mol. The predicted octanol–water partition coefficient (Wildman–Crippen LogP) is 3.24. The summed E-state index contributed by atoms with van der Waals surface area (Å²) in [6, 6.07) is 7.17. The number of carboxylic acids is 1. The van der Waals surface area contributed by atoms with Crippen LogP contribution in [0.5, 0.6) is 5.75 Å². The number of aromatic carboxylic acids is 1. The van der Waals surface area contributed by atoms with E-state index in [9.17, 15) is 19.1 Å². The molecule has 0 saturated carbocycles. The van der Waals surface area contributed by atoms with Gasteiger partial charge in [0.2, 0.25) is 0 Å². The molecule has 0 aliphatic rings. The summed E-state index contributed by atoms with van der Waals surface area (Å²) in [6.07, 6.45) is 0. The van der Waals surface area contributed by atoms with Crippen molar-refractivity contribution >= 4 is 33.5 Å². The van der Waals surface area contributed by atoms with Gasteiger partial charge in [0.25, 0.3) is 5.91 Å². The molecule has 21 heavy (non-hydrogen) atoms. The maximum atomic E-state index is 13.1. The first-order valence-electron chi connectivity index (χ1n) is 5.71. The van der Waals surface area contributed by atoms with Gasteiger partial charge in [-0.25, -0.2) is 9.18 Å². The van der Waals surface area contributed by atoms with Crippen LogP contribution < -0.4 is 5.32 Å². The number of halogens is 2. The molecule has 0 saturated heterocycles. The predicted molar refractivity (Wildman–Crippen MR) is 77.1 cm³/mol. The van der Waals surface area contributed by atoms with Crippen LogP contribution in [-0.2, 0) is 0 Å². The molecule has 108 valence electrons. The summed E-state index contributed by atoms with van der Waals surface area (Å²) < 4.78 is 13.5. The van der Waals surface area contributed by atoms with Gasteiger partial charge in [-0.15, -0.1) is 0 Å². The molecule has 7 heteroatoms. The fourth-order valence-electron chi connectivity index (χ4n) is 1.66. The standard InChI is InChI=1S/C14H9BrFNO4/c15-11-3-2-8(6-9(11)14(20)21)17-13(19)10-5-7(16)1-4-12(10)18/h1-6,18H,(H,17,19)(H,20,21). The van der Waals surface area contributed by atoms with Crippen molar-refractivity contribution in [2.75, 3.05) is 5.32 Å². The lowest BCUT2D eigenvalue weighted by Gasteiger charge is -2.08. The van der Waals surface area contributed by atoms with Crippen LogP contribution in [0.4, 0.5) is 10.1 Å². The molecule has 2 aromatic rings. The number of carbonyl (C=O) groups excluding carboxylic acids is 1. The van der Waals surface area contributed by atoms with Gasteiger partial charge in [-0.2, -0.15) is 0 Å². The van der Waals surface area contributed by atoms with Crippen LogP contribution in [0.3, 0.4) is 0 Å². The molecule has 0 atom stereocenters.